The highest BCUT2D eigenvalue weighted by atomic mass is 16.3. The first-order valence-corrected chi connectivity index (χ1v) is 20.8. The molecule has 58 heavy (non-hydrogen) atoms. The van der Waals surface area contributed by atoms with E-state index < -0.39 is 0 Å². The van der Waals surface area contributed by atoms with Crippen molar-refractivity contribution in [1.82, 2.24) is 4.48 Å². The minimum Gasteiger partial charge on any atom is -0.456 e. The fourth-order valence-corrected chi connectivity index (χ4v) is 10.7. The van der Waals surface area contributed by atoms with Crippen LogP contribution in [0.5, 0.6) is 0 Å². The second-order valence-electron chi connectivity index (χ2n) is 19.0. The Morgan fingerprint density at radius 1 is 0.517 bits per heavy atom. The van der Waals surface area contributed by atoms with E-state index in [1.54, 1.807) is 0 Å². The molecular formula is C54H45BN2O. The molecule has 2 aliphatic rings. The summed E-state index contributed by atoms with van der Waals surface area (Å²) in [6.45, 7) is 18.6. The maximum atomic E-state index is 6.91. The molecule has 4 heteroatoms. The third-order valence-corrected chi connectivity index (χ3v) is 13.6. The van der Waals surface area contributed by atoms with E-state index in [4.69, 9.17) is 4.42 Å². The summed E-state index contributed by atoms with van der Waals surface area (Å²) in [7, 11) is 0. The number of rotatable bonds is 1. The van der Waals surface area contributed by atoms with Crippen molar-refractivity contribution in [3.05, 3.63) is 150 Å². The van der Waals surface area contributed by atoms with Crippen LogP contribution in [0.4, 0.5) is 17.1 Å². The van der Waals surface area contributed by atoms with Crippen molar-refractivity contribution in [2.45, 2.75) is 66.2 Å². The van der Waals surface area contributed by atoms with E-state index in [2.05, 4.69) is 192 Å². The van der Waals surface area contributed by atoms with Crippen LogP contribution in [0, 0.1) is 13.8 Å². The fraction of sp³-hybridized carbons (Fsp3) is 0.185. The van der Waals surface area contributed by atoms with Gasteiger partial charge < -0.3 is 13.8 Å². The summed E-state index contributed by atoms with van der Waals surface area (Å²) in [5.41, 5.74) is 18.4. The molecule has 4 heterocycles. The van der Waals surface area contributed by atoms with Crippen LogP contribution in [-0.4, -0.2) is 11.3 Å². The van der Waals surface area contributed by atoms with Gasteiger partial charge in [0.05, 0.1) is 0 Å². The number of benzene rings is 8. The second-order valence-corrected chi connectivity index (χ2v) is 19.0. The summed E-state index contributed by atoms with van der Waals surface area (Å²) in [5.74, 6) is 0. The summed E-state index contributed by atoms with van der Waals surface area (Å²) in [6.07, 6.45) is 0. The van der Waals surface area contributed by atoms with Crippen LogP contribution < -0.4 is 15.8 Å². The molecule has 8 aromatic carbocycles. The summed E-state index contributed by atoms with van der Waals surface area (Å²) in [4.78, 5) is 2.60. The number of aromatic nitrogens is 1. The molecule has 0 amide bonds. The largest absolute Gasteiger partial charge is 0.456 e. The summed E-state index contributed by atoms with van der Waals surface area (Å²) in [6, 6.07) is 48.3. The average molecular weight is 749 g/mol. The zero-order valence-electron chi connectivity index (χ0n) is 34.5. The molecule has 0 bridgehead atoms. The van der Waals surface area contributed by atoms with Gasteiger partial charge >= 0.3 is 6.85 Å². The van der Waals surface area contributed by atoms with Crippen molar-refractivity contribution in [3.8, 4) is 11.1 Å². The van der Waals surface area contributed by atoms with Crippen molar-refractivity contribution in [2.24, 2.45) is 0 Å². The number of hydrogen-bond acceptors (Lipinski definition) is 2. The highest BCUT2D eigenvalue weighted by Gasteiger charge is 2.45. The van der Waals surface area contributed by atoms with Crippen LogP contribution in [0.25, 0.3) is 76.4 Å². The number of aryl methyl sites for hydroxylation is 2. The zero-order chi connectivity index (χ0) is 39.6. The number of hydrogen-bond donors (Lipinski definition) is 0. The topological polar surface area (TPSA) is 21.3 Å². The first-order valence-electron chi connectivity index (χ1n) is 20.8. The minimum atomic E-state index is -0.0740. The molecule has 0 saturated heterocycles. The molecule has 0 unspecified atom stereocenters. The molecule has 2 aromatic heterocycles. The molecule has 0 fully saturated rings. The van der Waals surface area contributed by atoms with Crippen LogP contribution in [0.15, 0.2) is 132 Å². The van der Waals surface area contributed by atoms with Gasteiger partial charge in [0, 0.05) is 61.3 Å². The van der Waals surface area contributed by atoms with Crippen LogP contribution in [0.2, 0.25) is 0 Å². The van der Waals surface area contributed by atoms with Crippen LogP contribution in [0.1, 0.15) is 63.8 Å². The van der Waals surface area contributed by atoms with Gasteiger partial charge in [-0.3, -0.25) is 0 Å². The van der Waals surface area contributed by atoms with Crippen molar-refractivity contribution in [3.63, 3.8) is 0 Å². The van der Waals surface area contributed by atoms with Gasteiger partial charge in [0.15, 0.2) is 0 Å². The van der Waals surface area contributed by atoms with Gasteiger partial charge in [-0.15, -0.1) is 0 Å². The number of nitrogens with zero attached hydrogens (tertiary/aromatic N) is 2. The lowest BCUT2D eigenvalue weighted by molar-refractivity contribution is 0.569. The Balaban J connectivity index is 1.33. The molecule has 0 saturated carbocycles. The van der Waals surface area contributed by atoms with Crippen LogP contribution in [-0.2, 0) is 10.8 Å². The van der Waals surface area contributed by atoms with Gasteiger partial charge in [-0.1, -0.05) is 133 Å². The van der Waals surface area contributed by atoms with E-state index in [9.17, 15) is 0 Å². The standard InChI is InChI=1S/C54H45BN2O/c1-30-35-16-9-10-17-36(35)31(2)42-28-45-43(27-41(30)42)55-51-46(56(45)34-25-32(53(3,4)5)24-33(26-34)54(6,7)8)29-48-49(39-19-12-14-23-47(39)58-48)50(51)40-21-15-20-38-37-18-11-13-22-44(37)57(55)52(38)40/h9-29H,1-8H3. The molecule has 12 rings (SSSR count). The quantitative estimate of drug-likeness (QED) is 0.123. The van der Waals surface area contributed by atoms with Gasteiger partial charge in [-0.2, -0.15) is 0 Å². The Bertz CT molecular complexity index is 3430. The first kappa shape index (κ1) is 33.8. The lowest BCUT2D eigenvalue weighted by Crippen LogP contribution is -2.56. The van der Waals surface area contributed by atoms with Gasteiger partial charge in [-0.25, -0.2) is 0 Å². The van der Waals surface area contributed by atoms with E-state index >= 15 is 0 Å². The molecule has 0 atom stereocenters. The minimum absolute atomic E-state index is 0.0517. The lowest BCUT2D eigenvalue weighted by atomic mass is 9.44. The smallest absolute Gasteiger partial charge is 0.333 e. The summed E-state index contributed by atoms with van der Waals surface area (Å²) in [5, 5.41) is 10.2. The fourth-order valence-electron chi connectivity index (χ4n) is 10.7. The Kier molecular flexibility index (Phi) is 6.55. The Labute approximate surface area is 339 Å². The van der Waals surface area contributed by atoms with E-state index in [0.717, 1.165) is 16.6 Å². The SMILES string of the molecule is Cc1c2ccccc2c(C)c2cc3c(cc12)B1c2c(cc4oc5ccccc5c4c2-c2cccc4c5ccccc5n1c24)N3c1cc(C(C)(C)C)cc(C(C)(C)C)c1. The molecule has 0 aliphatic carbocycles. The number of anilines is 3. The molecule has 0 spiro atoms. The summed E-state index contributed by atoms with van der Waals surface area (Å²) < 4.78 is 9.59. The monoisotopic (exact) mass is 748 g/mol. The van der Waals surface area contributed by atoms with Crippen LogP contribution >= 0.6 is 0 Å². The van der Waals surface area contributed by atoms with Crippen molar-refractivity contribution in [2.75, 3.05) is 4.90 Å². The van der Waals surface area contributed by atoms with Crippen LogP contribution in [0.3, 0.4) is 0 Å². The normalized spacial score (nSPS) is 13.8. The van der Waals surface area contributed by atoms with E-state index in [0.29, 0.717) is 0 Å². The molecule has 280 valence electrons. The van der Waals surface area contributed by atoms with Gasteiger partial charge in [-0.05, 0) is 115 Å². The predicted molar refractivity (Wildman–Crippen MR) is 249 cm³/mol. The molecule has 0 radical (unpaired) electrons. The molecule has 2 aliphatic heterocycles. The molecule has 10 aromatic rings. The van der Waals surface area contributed by atoms with E-state index in [1.165, 1.54) is 110 Å². The molecule has 3 nitrogen and oxygen atoms in total. The average Bonchev–Trinajstić information content (AvgIpc) is 3.76. The predicted octanol–water partition coefficient (Wildman–Crippen LogP) is 13.6. The van der Waals surface area contributed by atoms with Gasteiger partial charge in [0.2, 0.25) is 0 Å². The number of furan rings is 1. The highest BCUT2D eigenvalue weighted by Crippen LogP contribution is 2.51. The second kappa shape index (κ2) is 11.2. The summed E-state index contributed by atoms with van der Waals surface area (Å²) >= 11 is 0. The Morgan fingerprint density at radius 2 is 1.12 bits per heavy atom. The maximum Gasteiger partial charge on any atom is 0.333 e. The number of para-hydroxylation sites is 3. The van der Waals surface area contributed by atoms with Crippen molar-refractivity contribution < 1.29 is 4.42 Å². The Hall–Kier alpha value is -6.26. The van der Waals surface area contributed by atoms with Crippen molar-refractivity contribution >= 4 is 100 Å². The highest BCUT2D eigenvalue weighted by molar-refractivity contribution is 6.90. The van der Waals surface area contributed by atoms with Crippen molar-refractivity contribution in [1.29, 1.82) is 0 Å². The zero-order valence-corrected chi connectivity index (χ0v) is 34.5. The molecular weight excluding hydrogens is 703 g/mol. The van der Waals surface area contributed by atoms with E-state index in [-0.39, 0.29) is 17.7 Å². The van der Waals surface area contributed by atoms with E-state index in [1.807, 2.05) is 0 Å². The Morgan fingerprint density at radius 3 is 1.81 bits per heavy atom. The third-order valence-electron chi connectivity index (χ3n) is 13.6. The molecule has 0 N–H and O–H groups in total. The first-order chi connectivity index (χ1) is 27.9. The van der Waals surface area contributed by atoms with Gasteiger partial charge in [0.1, 0.15) is 11.2 Å². The van der Waals surface area contributed by atoms with Gasteiger partial charge in [0.25, 0.3) is 0 Å². The third kappa shape index (κ3) is 4.35. The number of fused-ring (bicyclic) bond motifs is 13. The maximum absolute atomic E-state index is 6.91. The lowest BCUT2D eigenvalue weighted by Gasteiger charge is -2.41.